The summed E-state index contributed by atoms with van der Waals surface area (Å²) < 4.78 is 28.9. The van der Waals surface area contributed by atoms with Crippen LogP contribution in [-0.4, -0.2) is 32.3 Å². The molecule has 0 bridgehead atoms. The lowest BCUT2D eigenvalue weighted by Crippen LogP contribution is -2.18. The molecule has 31 heavy (non-hydrogen) atoms. The number of hydrogen-bond donors (Lipinski definition) is 2. The molecule has 0 atom stereocenters. The minimum absolute atomic E-state index is 0.0240. The SMILES string of the molecule is CCn1c(CC(=O)Nc2ccccc2)nnc1SCC(=O)Nc1c(F)cc(F)cc1Br. The molecule has 162 valence electrons. The van der Waals surface area contributed by atoms with Crippen molar-refractivity contribution in [2.24, 2.45) is 0 Å². The zero-order valence-electron chi connectivity index (χ0n) is 16.4. The Labute approximate surface area is 189 Å². The van der Waals surface area contributed by atoms with E-state index in [4.69, 9.17) is 0 Å². The van der Waals surface area contributed by atoms with Crippen LogP contribution in [0, 0.1) is 11.6 Å². The van der Waals surface area contributed by atoms with Gasteiger partial charge in [-0.05, 0) is 41.1 Å². The average Bonchev–Trinajstić information content (AvgIpc) is 3.11. The molecule has 7 nitrogen and oxygen atoms in total. The molecule has 2 N–H and O–H groups in total. The molecule has 0 saturated heterocycles. The first kappa shape index (κ1) is 22.9. The summed E-state index contributed by atoms with van der Waals surface area (Å²) in [6, 6.07) is 10.8. The van der Waals surface area contributed by atoms with Crippen molar-refractivity contribution in [1.29, 1.82) is 0 Å². The Bertz CT molecular complexity index is 1070. The summed E-state index contributed by atoms with van der Waals surface area (Å²) in [5, 5.41) is 13.8. The van der Waals surface area contributed by atoms with Gasteiger partial charge in [0.15, 0.2) is 11.0 Å². The van der Waals surface area contributed by atoms with E-state index in [1.54, 1.807) is 16.7 Å². The van der Waals surface area contributed by atoms with E-state index in [0.29, 0.717) is 29.3 Å². The van der Waals surface area contributed by atoms with E-state index >= 15 is 0 Å². The number of anilines is 2. The Hall–Kier alpha value is -2.79. The standard InChI is InChI=1S/C20H18BrF2N5O2S/c1-2-28-16(10-17(29)24-13-6-4-3-5-7-13)26-27-20(28)31-11-18(30)25-19-14(21)8-12(22)9-15(19)23/h3-9H,2,10-11H2,1H3,(H,24,29)(H,25,30). The molecule has 3 rings (SSSR count). The van der Waals surface area contributed by atoms with Gasteiger partial charge in [-0.2, -0.15) is 0 Å². The van der Waals surface area contributed by atoms with Crippen LogP contribution in [0.3, 0.4) is 0 Å². The molecule has 0 radical (unpaired) electrons. The molecule has 3 aromatic rings. The van der Waals surface area contributed by atoms with Crippen LogP contribution < -0.4 is 10.6 Å². The summed E-state index contributed by atoms with van der Waals surface area (Å²) in [6.45, 7) is 2.38. The Balaban J connectivity index is 1.60. The van der Waals surface area contributed by atoms with E-state index in [0.717, 1.165) is 17.8 Å². The van der Waals surface area contributed by atoms with Gasteiger partial charge in [0.2, 0.25) is 11.8 Å². The predicted octanol–water partition coefficient (Wildman–Crippen LogP) is 4.25. The number of amides is 2. The highest BCUT2D eigenvalue weighted by atomic mass is 79.9. The number of hydrogen-bond acceptors (Lipinski definition) is 5. The molecule has 2 amide bonds. The van der Waals surface area contributed by atoms with Crippen LogP contribution in [0.4, 0.5) is 20.2 Å². The minimum Gasteiger partial charge on any atom is -0.326 e. The van der Waals surface area contributed by atoms with E-state index in [9.17, 15) is 18.4 Å². The number of thioether (sulfide) groups is 1. The van der Waals surface area contributed by atoms with Crippen LogP contribution >= 0.6 is 27.7 Å². The van der Waals surface area contributed by atoms with Gasteiger partial charge in [-0.3, -0.25) is 9.59 Å². The van der Waals surface area contributed by atoms with Gasteiger partial charge in [0.1, 0.15) is 11.6 Å². The summed E-state index contributed by atoms with van der Waals surface area (Å²) in [6.07, 6.45) is 0.0240. The summed E-state index contributed by atoms with van der Waals surface area (Å²) in [5.74, 6) is -1.97. The van der Waals surface area contributed by atoms with Gasteiger partial charge < -0.3 is 15.2 Å². The van der Waals surface area contributed by atoms with Crippen molar-refractivity contribution in [2.75, 3.05) is 16.4 Å². The van der Waals surface area contributed by atoms with Crippen molar-refractivity contribution in [2.45, 2.75) is 25.0 Å². The predicted molar refractivity (Wildman–Crippen MR) is 118 cm³/mol. The molecule has 0 spiro atoms. The molecule has 0 saturated carbocycles. The molecule has 0 aliphatic heterocycles. The van der Waals surface area contributed by atoms with Crippen molar-refractivity contribution in [1.82, 2.24) is 14.8 Å². The third kappa shape index (κ3) is 6.11. The first-order chi connectivity index (χ1) is 14.9. The van der Waals surface area contributed by atoms with Gasteiger partial charge in [0.25, 0.3) is 0 Å². The molecular formula is C20H18BrF2N5O2S. The van der Waals surface area contributed by atoms with Gasteiger partial charge in [0.05, 0.1) is 17.9 Å². The van der Waals surface area contributed by atoms with Crippen LogP contribution in [0.5, 0.6) is 0 Å². The van der Waals surface area contributed by atoms with Gasteiger partial charge in [0, 0.05) is 22.8 Å². The number of benzene rings is 2. The van der Waals surface area contributed by atoms with Crippen LogP contribution in [-0.2, 0) is 22.6 Å². The quantitative estimate of drug-likeness (QED) is 0.443. The van der Waals surface area contributed by atoms with Crippen molar-refractivity contribution >= 4 is 50.9 Å². The fourth-order valence-corrected chi connectivity index (χ4v) is 4.04. The third-order valence-corrected chi connectivity index (χ3v) is 5.68. The Kier molecular flexibility index (Phi) is 7.75. The van der Waals surface area contributed by atoms with Crippen LogP contribution in [0.1, 0.15) is 12.7 Å². The number of aromatic nitrogens is 3. The Morgan fingerprint density at radius 3 is 2.52 bits per heavy atom. The highest BCUT2D eigenvalue weighted by Gasteiger charge is 2.17. The molecule has 2 aromatic carbocycles. The van der Waals surface area contributed by atoms with Crippen molar-refractivity contribution in [3.05, 3.63) is 64.4 Å². The van der Waals surface area contributed by atoms with Crippen molar-refractivity contribution in [3.63, 3.8) is 0 Å². The summed E-state index contributed by atoms with van der Waals surface area (Å²) in [4.78, 5) is 24.5. The first-order valence-electron chi connectivity index (χ1n) is 9.21. The molecule has 0 aliphatic rings. The van der Waals surface area contributed by atoms with E-state index in [2.05, 4.69) is 36.8 Å². The third-order valence-electron chi connectivity index (χ3n) is 4.09. The number of nitrogens with zero attached hydrogens (tertiary/aromatic N) is 3. The van der Waals surface area contributed by atoms with Gasteiger partial charge in [-0.1, -0.05) is 30.0 Å². The Morgan fingerprint density at radius 1 is 1.10 bits per heavy atom. The topological polar surface area (TPSA) is 88.9 Å². The van der Waals surface area contributed by atoms with Gasteiger partial charge >= 0.3 is 0 Å². The Morgan fingerprint density at radius 2 is 1.84 bits per heavy atom. The molecule has 1 heterocycles. The summed E-state index contributed by atoms with van der Waals surface area (Å²) in [7, 11) is 0. The van der Waals surface area contributed by atoms with E-state index < -0.39 is 17.5 Å². The number of rotatable bonds is 8. The van der Waals surface area contributed by atoms with E-state index in [-0.39, 0.29) is 28.2 Å². The second-order valence-electron chi connectivity index (χ2n) is 6.32. The summed E-state index contributed by atoms with van der Waals surface area (Å²) >= 11 is 4.13. The van der Waals surface area contributed by atoms with Crippen molar-refractivity contribution in [3.8, 4) is 0 Å². The maximum atomic E-state index is 13.9. The zero-order valence-corrected chi connectivity index (χ0v) is 18.8. The number of carbonyl (C=O) groups is 2. The lowest BCUT2D eigenvalue weighted by atomic mass is 10.3. The van der Waals surface area contributed by atoms with Crippen molar-refractivity contribution < 1.29 is 18.4 Å². The smallest absolute Gasteiger partial charge is 0.234 e. The van der Waals surface area contributed by atoms with E-state index in [1.807, 2.05) is 25.1 Å². The second-order valence-corrected chi connectivity index (χ2v) is 8.11. The number of carbonyl (C=O) groups excluding carboxylic acids is 2. The monoisotopic (exact) mass is 509 g/mol. The molecule has 11 heteroatoms. The zero-order chi connectivity index (χ0) is 22.4. The van der Waals surface area contributed by atoms with Crippen LogP contribution in [0.25, 0.3) is 0 Å². The number of para-hydroxylation sites is 1. The average molecular weight is 510 g/mol. The maximum absolute atomic E-state index is 13.9. The molecular weight excluding hydrogens is 492 g/mol. The minimum atomic E-state index is -0.881. The van der Waals surface area contributed by atoms with Crippen LogP contribution in [0.2, 0.25) is 0 Å². The summed E-state index contributed by atoms with van der Waals surface area (Å²) in [5.41, 5.74) is 0.544. The molecule has 1 aromatic heterocycles. The lowest BCUT2D eigenvalue weighted by Gasteiger charge is -2.10. The van der Waals surface area contributed by atoms with E-state index in [1.165, 1.54) is 0 Å². The molecule has 0 unspecified atom stereocenters. The lowest BCUT2D eigenvalue weighted by molar-refractivity contribution is -0.116. The first-order valence-corrected chi connectivity index (χ1v) is 11.0. The highest BCUT2D eigenvalue weighted by Crippen LogP contribution is 2.27. The fraction of sp³-hybridized carbons (Fsp3) is 0.200. The normalized spacial score (nSPS) is 10.7. The maximum Gasteiger partial charge on any atom is 0.234 e. The molecule has 0 aliphatic carbocycles. The van der Waals surface area contributed by atoms with Gasteiger partial charge in [-0.25, -0.2) is 8.78 Å². The second kappa shape index (κ2) is 10.5. The number of nitrogens with one attached hydrogen (secondary N) is 2. The number of halogens is 3. The van der Waals surface area contributed by atoms with Gasteiger partial charge in [-0.15, -0.1) is 10.2 Å². The molecule has 0 fully saturated rings. The fourth-order valence-electron chi connectivity index (χ4n) is 2.71. The largest absolute Gasteiger partial charge is 0.326 e. The van der Waals surface area contributed by atoms with Crippen LogP contribution in [0.15, 0.2) is 52.1 Å². The highest BCUT2D eigenvalue weighted by molar-refractivity contribution is 9.10.